The molecule has 0 spiro atoms. The van der Waals surface area contributed by atoms with Crippen molar-refractivity contribution in [2.45, 2.75) is 6.92 Å². The summed E-state index contributed by atoms with van der Waals surface area (Å²) in [7, 11) is 5.18. The van der Waals surface area contributed by atoms with E-state index < -0.39 is 0 Å². The molecule has 1 aromatic rings. The van der Waals surface area contributed by atoms with E-state index in [0.717, 1.165) is 11.4 Å². The topological polar surface area (TPSA) is 79.4 Å². The van der Waals surface area contributed by atoms with E-state index in [0.29, 0.717) is 19.1 Å². The van der Waals surface area contributed by atoms with Crippen molar-refractivity contribution in [1.29, 1.82) is 0 Å². The Balaban J connectivity index is 2.61. The largest absolute Gasteiger partial charge is 0.383 e. The van der Waals surface area contributed by atoms with Crippen molar-refractivity contribution in [2.75, 3.05) is 51.1 Å². The van der Waals surface area contributed by atoms with Gasteiger partial charge in [0.05, 0.1) is 13.2 Å². The molecule has 0 unspecified atom stereocenters. The van der Waals surface area contributed by atoms with Gasteiger partial charge in [-0.25, -0.2) is 4.98 Å². The van der Waals surface area contributed by atoms with Crippen LogP contribution in [-0.4, -0.2) is 56.8 Å². The van der Waals surface area contributed by atoms with Gasteiger partial charge in [-0.05, 0) is 6.92 Å². The highest BCUT2D eigenvalue weighted by Gasteiger charge is 2.11. The highest BCUT2D eigenvalue weighted by molar-refractivity contribution is 5.81. The summed E-state index contributed by atoms with van der Waals surface area (Å²) in [6.07, 6.45) is 1.73. The number of amides is 1. The maximum absolute atomic E-state index is 11.7. The van der Waals surface area contributed by atoms with Gasteiger partial charge in [-0.2, -0.15) is 4.98 Å². The van der Waals surface area contributed by atoms with E-state index in [-0.39, 0.29) is 12.5 Å². The molecular formula is C12H21N5O2. The predicted molar refractivity (Wildman–Crippen MR) is 74.5 cm³/mol. The monoisotopic (exact) mass is 267 g/mol. The number of nitrogens with zero attached hydrogens (tertiary/aromatic N) is 3. The molecule has 2 N–H and O–H groups in total. The lowest BCUT2D eigenvalue weighted by Crippen LogP contribution is -2.37. The maximum Gasteiger partial charge on any atom is 0.239 e. The van der Waals surface area contributed by atoms with E-state index in [9.17, 15) is 4.79 Å². The Kier molecular flexibility index (Phi) is 6.01. The molecule has 0 fully saturated rings. The van der Waals surface area contributed by atoms with Crippen LogP contribution in [0.15, 0.2) is 6.20 Å². The number of ether oxygens (including phenoxy) is 1. The van der Waals surface area contributed by atoms with Gasteiger partial charge in [-0.1, -0.05) is 0 Å². The van der Waals surface area contributed by atoms with E-state index >= 15 is 0 Å². The molecule has 0 aliphatic heterocycles. The van der Waals surface area contributed by atoms with Crippen molar-refractivity contribution in [2.24, 2.45) is 0 Å². The molecule has 0 aliphatic carbocycles. The number of hydrogen-bond donors (Lipinski definition) is 2. The summed E-state index contributed by atoms with van der Waals surface area (Å²) in [4.78, 5) is 21.9. The Bertz CT molecular complexity index is 425. The van der Waals surface area contributed by atoms with Crippen molar-refractivity contribution >= 4 is 17.7 Å². The fourth-order valence-electron chi connectivity index (χ4n) is 1.58. The average Bonchev–Trinajstić information content (AvgIpc) is 2.39. The van der Waals surface area contributed by atoms with Gasteiger partial charge < -0.3 is 20.3 Å². The van der Waals surface area contributed by atoms with Crippen molar-refractivity contribution in [3.63, 3.8) is 0 Å². The summed E-state index contributed by atoms with van der Waals surface area (Å²) in [6, 6.07) is 0. The minimum absolute atomic E-state index is 0.0661. The van der Waals surface area contributed by atoms with Gasteiger partial charge in [-0.15, -0.1) is 0 Å². The molecule has 19 heavy (non-hydrogen) atoms. The number of aromatic nitrogens is 2. The van der Waals surface area contributed by atoms with Crippen molar-refractivity contribution in [3.05, 3.63) is 11.8 Å². The van der Waals surface area contributed by atoms with Crippen LogP contribution in [0.3, 0.4) is 0 Å². The summed E-state index contributed by atoms with van der Waals surface area (Å²) in [5.41, 5.74) is 0.922. The van der Waals surface area contributed by atoms with Crippen molar-refractivity contribution < 1.29 is 9.53 Å². The zero-order valence-electron chi connectivity index (χ0n) is 11.9. The minimum Gasteiger partial charge on any atom is -0.383 e. The third-order valence-corrected chi connectivity index (χ3v) is 2.54. The molecule has 0 saturated carbocycles. The minimum atomic E-state index is -0.0661. The first-order valence-electron chi connectivity index (χ1n) is 6.06. The second-order valence-electron chi connectivity index (χ2n) is 4.15. The van der Waals surface area contributed by atoms with Gasteiger partial charge in [-0.3, -0.25) is 4.79 Å². The van der Waals surface area contributed by atoms with Crippen molar-refractivity contribution in [1.82, 2.24) is 15.3 Å². The molecule has 7 heteroatoms. The summed E-state index contributed by atoms with van der Waals surface area (Å²) < 4.78 is 4.87. The Morgan fingerprint density at radius 3 is 2.89 bits per heavy atom. The van der Waals surface area contributed by atoms with E-state index in [1.54, 1.807) is 25.3 Å². The Hall–Kier alpha value is -1.89. The number of anilines is 2. The standard InChI is InChI=1S/C12H21N5O2/c1-9-7-15-12(13-2)16-11(9)17(3)8-10(18)14-5-6-19-4/h7H,5-6,8H2,1-4H3,(H,14,18)(H,13,15,16). The SMILES string of the molecule is CNc1ncc(C)c(N(C)CC(=O)NCCOC)n1. The molecule has 0 saturated heterocycles. The van der Waals surface area contributed by atoms with Gasteiger partial charge in [0.25, 0.3) is 0 Å². The molecule has 7 nitrogen and oxygen atoms in total. The van der Waals surface area contributed by atoms with Gasteiger partial charge >= 0.3 is 0 Å². The molecule has 1 aromatic heterocycles. The zero-order chi connectivity index (χ0) is 14.3. The molecule has 0 atom stereocenters. The lowest BCUT2D eigenvalue weighted by molar-refractivity contribution is -0.119. The number of carbonyl (C=O) groups is 1. The number of carbonyl (C=O) groups excluding carboxylic acids is 1. The van der Waals surface area contributed by atoms with Crippen LogP contribution in [0.1, 0.15) is 5.56 Å². The zero-order valence-corrected chi connectivity index (χ0v) is 11.9. The van der Waals surface area contributed by atoms with Crippen LogP contribution in [0.2, 0.25) is 0 Å². The molecule has 106 valence electrons. The number of aryl methyl sites for hydroxylation is 1. The average molecular weight is 267 g/mol. The molecule has 0 aromatic carbocycles. The lowest BCUT2D eigenvalue weighted by atomic mass is 10.3. The van der Waals surface area contributed by atoms with E-state index in [2.05, 4.69) is 20.6 Å². The second-order valence-corrected chi connectivity index (χ2v) is 4.15. The fraction of sp³-hybridized carbons (Fsp3) is 0.583. The normalized spacial score (nSPS) is 10.1. The Morgan fingerprint density at radius 2 is 2.26 bits per heavy atom. The Morgan fingerprint density at radius 1 is 1.53 bits per heavy atom. The first-order chi connectivity index (χ1) is 9.08. The highest BCUT2D eigenvalue weighted by Crippen LogP contribution is 2.15. The maximum atomic E-state index is 11.7. The molecule has 0 radical (unpaired) electrons. The van der Waals surface area contributed by atoms with Crippen LogP contribution in [0, 0.1) is 6.92 Å². The third-order valence-electron chi connectivity index (χ3n) is 2.54. The van der Waals surface area contributed by atoms with E-state index in [1.807, 2.05) is 14.0 Å². The quantitative estimate of drug-likeness (QED) is 0.678. The first kappa shape index (κ1) is 15.2. The van der Waals surface area contributed by atoms with Crippen LogP contribution >= 0.6 is 0 Å². The van der Waals surface area contributed by atoms with Crippen LogP contribution in [-0.2, 0) is 9.53 Å². The number of methoxy groups -OCH3 is 1. The second kappa shape index (κ2) is 7.52. The highest BCUT2D eigenvalue weighted by atomic mass is 16.5. The third kappa shape index (κ3) is 4.70. The molecule has 1 amide bonds. The van der Waals surface area contributed by atoms with Crippen molar-refractivity contribution in [3.8, 4) is 0 Å². The summed E-state index contributed by atoms with van der Waals surface area (Å²) in [5, 5.41) is 5.65. The predicted octanol–water partition coefficient (Wildman–Crippen LogP) is 0.0255. The molecular weight excluding hydrogens is 246 g/mol. The summed E-state index contributed by atoms with van der Waals surface area (Å²) in [6.45, 7) is 3.17. The van der Waals surface area contributed by atoms with Gasteiger partial charge in [0.15, 0.2) is 0 Å². The Labute approximate surface area is 113 Å². The number of rotatable bonds is 7. The van der Waals surface area contributed by atoms with Crippen LogP contribution in [0.5, 0.6) is 0 Å². The fourth-order valence-corrected chi connectivity index (χ4v) is 1.58. The number of likely N-dealkylation sites (N-methyl/N-ethyl adjacent to an activating group) is 1. The summed E-state index contributed by atoms with van der Waals surface area (Å²) in [5.74, 6) is 1.21. The summed E-state index contributed by atoms with van der Waals surface area (Å²) >= 11 is 0. The van der Waals surface area contributed by atoms with Gasteiger partial charge in [0.1, 0.15) is 5.82 Å². The van der Waals surface area contributed by atoms with E-state index in [4.69, 9.17) is 4.74 Å². The number of hydrogen-bond acceptors (Lipinski definition) is 6. The lowest BCUT2D eigenvalue weighted by Gasteiger charge is -2.19. The smallest absolute Gasteiger partial charge is 0.239 e. The van der Waals surface area contributed by atoms with Gasteiger partial charge in [0, 0.05) is 39.5 Å². The molecule has 0 bridgehead atoms. The van der Waals surface area contributed by atoms with Gasteiger partial charge in [0.2, 0.25) is 11.9 Å². The molecule has 0 aliphatic rings. The number of nitrogens with one attached hydrogen (secondary N) is 2. The molecule has 1 rings (SSSR count). The van der Waals surface area contributed by atoms with Crippen LogP contribution in [0.4, 0.5) is 11.8 Å². The van der Waals surface area contributed by atoms with Crippen LogP contribution in [0.25, 0.3) is 0 Å². The first-order valence-corrected chi connectivity index (χ1v) is 6.06. The molecule has 1 heterocycles. The van der Waals surface area contributed by atoms with E-state index in [1.165, 1.54) is 0 Å². The van der Waals surface area contributed by atoms with Crippen LogP contribution < -0.4 is 15.5 Å².